The third kappa shape index (κ3) is 3.45. The van der Waals surface area contributed by atoms with Crippen LogP contribution in [0.5, 0.6) is 0 Å². The molecule has 0 radical (unpaired) electrons. The van der Waals surface area contributed by atoms with Crippen LogP contribution in [-0.2, 0) is 19.1 Å². The fourth-order valence-electron chi connectivity index (χ4n) is 2.40. The van der Waals surface area contributed by atoms with Gasteiger partial charge in [-0.3, -0.25) is 14.4 Å². The summed E-state index contributed by atoms with van der Waals surface area (Å²) >= 11 is 0. The highest BCUT2D eigenvalue weighted by molar-refractivity contribution is 5.87. The second kappa shape index (κ2) is 6.37. The molecular formula is C12H19NO5. The Bertz CT molecular complexity index is 341. The van der Waals surface area contributed by atoms with Crippen molar-refractivity contribution in [1.82, 2.24) is 5.32 Å². The van der Waals surface area contributed by atoms with Gasteiger partial charge in [-0.25, -0.2) is 0 Å². The Labute approximate surface area is 106 Å². The monoisotopic (exact) mass is 257 g/mol. The van der Waals surface area contributed by atoms with Crippen LogP contribution in [0.1, 0.15) is 26.2 Å². The number of carbonyl (C=O) groups is 3. The molecule has 0 aromatic carbocycles. The molecule has 6 heteroatoms. The summed E-state index contributed by atoms with van der Waals surface area (Å²) in [7, 11) is 1.23. The van der Waals surface area contributed by atoms with E-state index in [-0.39, 0.29) is 18.4 Å². The second-order valence-corrected chi connectivity index (χ2v) is 4.59. The van der Waals surface area contributed by atoms with Gasteiger partial charge in [-0.15, -0.1) is 0 Å². The minimum absolute atomic E-state index is 0.213. The average molecular weight is 257 g/mol. The molecule has 102 valence electrons. The summed E-state index contributed by atoms with van der Waals surface area (Å²) in [5.74, 6) is -2.78. The van der Waals surface area contributed by atoms with E-state index in [1.54, 1.807) is 0 Å². The van der Waals surface area contributed by atoms with E-state index in [9.17, 15) is 14.4 Å². The lowest BCUT2D eigenvalue weighted by atomic mass is 9.95. The molecule has 18 heavy (non-hydrogen) atoms. The third-order valence-corrected chi connectivity index (χ3v) is 3.53. The molecule has 1 aliphatic carbocycles. The maximum Gasteiger partial charge on any atom is 0.325 e. The number of nitrogens with one attached hydrogen (secondary N) is 1. The normalized spacial score (nSPS) is 26.7. The van der Waals surface area contributed by atoms with Gasteiger partial charge in [0.1, 0.15) is 6.54 Å². The van der Waals surface area contributed by atoms with Gasteiger partial charge in [0.25, 0.3) is 0 Å². The molecular weight excluding hydrogens is 238 g/mol. The summed E-state index contributed by atoms with van der Waals surface area (Å²) in [4.78, 5) is 33.9. The van der Waals surface area contributed by atoms with Crippen LogP contribution < -0.4 is 5.32 Å². The van der Waals surface area contributed by atoms with Gasteiger partial charge in [0.15, 0.2) is 0 Å². The minimum atomic E-state index is -0.941. The average Bonchev–Trinajstić information content (AvgIpc) is 2.79. The number of esters is 1. The van der Waals surface area contributed by atoms with E-state index in [0.717, 1.165) is 6.42 Å². The van der Waals surface area contributed by atoms with Crippen molar-refractivity contribution in [2.45, 2.75) is 26.2 Å². The molecule has 1 saturated carbocycles. The van der Waals surface area contributed by atoms with Crippen LogP contribution in [0.15, 0.2) is 0 Å². The van der Waals surface area contributed by atoms with Gasteiger partial charge >= 0.3 is 11.9 Å². The van der Waals surface area contributed by atoms with Crippen molar-refractivity contribution in [2.75, 3.05) is 13.7 Å². The van der Waals surface area contributed by atoms with Gasteiger partial charge in [-0.1, -0.05) is 13.3 Å². The predicted molar refractivity (Wildman–Crippen MR) is 62.7 cm³/mol. The van der Waals surface area contributed by atoms with Gasteiger partial charge in [-0.05, 0) is 18.8 Å². The largest absolute Gasteiger partial charge is 0.481 e. The van der Waals surface area contributed by atoms with E-state index in [2.05, 4.69) is 10.1 Å². The van der Waals surface area contributed by atoms with Crippen LogP contribution in [0, 0.1) is 17.8 Å². The van der Waals surface area contributed by atoms with E-state index >= 15 is 0 Å². The standard InChI is InChI=1S/C12H19NO5/c1-3-7-4-8(9(5-7)12(16)17)11(15)13-6-10(14)18-2/h7-9H,3-6H2,1-2H3,(H,13,15)(H,16,17)/t7?,8-,9+/m0/s1. The highest BCUT2D eigenvalue weighted by atomic mass is 16.5. The molecule has 0 aromatic rings. The minimum Gasteiger partial charge on any atom is -0.481 e. The van der Waals surface area contributed by atoms with Crippen LogP contribution in [0.2, 0.25) is 0 Å². The Morgan fingerprint density at radius 2 is 1.89 bits per heavy atom. The molecule has 3 atom stereocenters. The SMILES string of the molecule is CCC1C[C@H](C(=O)NCC(=O)OC)[C@H](C(=O)O)C1. The van der Waals surface area contributed by atoms with E-state index in [1.165, 1.54) is 7.11 Å². The number of rotatable bonds is 5. The Balaban J connectivity index is 2.59. The zero-order chi connectivity index (χ0) is 13.7. The third-order valence-electron chi connectivity index (χ3n) is 3.53. The first-order valence-electron chi connectivity index (χ1n) is 6.06. The number of ether oxygens (including phenoxy) is 1. The highest BCUT2D eigenvalue weighted by Crippen LogP contribution is 2.38. The molecule has 1 rings (SSSR count). The van der Waals surface area contributed by atoms with Crippen molar-refractivity contribution in [1.29, 1.82) is 0 Å². The zero-order valence-corrected chi connectivity index (χ0v) is 10.6. The van der Waals surface area contributed by atoms with Crippen LogP contribution in [-0.4, -0.2) is 36.6 Å². The lowest BCUT2D eigenvalue weighted by Crippen LogP contribution is -2.38. The molecule has 0 heterocycles. The molecule has 1 unspecified atom stereocenters. The second-order valence-electron chi connectivity index (χ2n) is 4.59. The molecule has 0 aromatic heterocycles. The summed E-state index contributed by atoms with van der Waals surface area (Å²) in [5.41, 5.74) is 0. The maximum atomic E-state index is 11.9. The topological polar surface area (TPSA) is 92.7 Å². The number of carbonyl (C=O) groups excluding carboxylic acids is 2. The van der Waals surface area contributed by atoms with Crippen molar-refractivity contribution in [3.05, 3.63) is 0 Å². The van der Waals surface area contributed by atoms with Crippen molar-refractivity contribution in [3.8, 4) is 0 Å². The van der Waals surface area contributed by atoms with Gasteiger partial charge in [0, 0.05) is 0 Å². The molecule has 0 aliphatic heterocycles. The van der Waals surface area contributed by atoms with Crippen LogP contribution in [0.3, 0.4) is 0 Å². The number of carboxylic acid groups (broad SMARTS) is 1. The maximum absolute atomic E-state index is 11.9. The molecule has 0 saturated heterocycles. The highest BCUT2D eigenvalue weighted by Gasteiger charge is 2.42. The van der Waals surface area contributed by atoms with E-state index in [4.69, 9.17) is 5.11 Å². The quantitative estimate of drug-likeness (QED) is 0.696. The van der Waals surface area contributed by atoms with E-state index in [1.807, 2.05) is 6.92 Å². The summed E-state index contributed by atoms with van der Waals surface area (Å²) < 4.78 is 4.41. The Morgan fingerprint density at radius 3 is 2.39 bits per heavy atom. The summed E-state index contributed by atoms with van der Waals surface area (Å²) in [6.07, 6.45) is 1.97. The van der Waals surface area contributed by atoms with Gasteiger partial charge in [0.2, 0.25) is 5.91 Å². The molecule has 0 spiro atoms. The molecule has 1 amide bonds. The number of methoxy groups -OCH3 is 1. The lowest BCUT2D eigenvalue weighted by Gasteiger charge is -2.14. The lowest BCUT2D eigenvalue weighted by molar-refractivity contribution is -0.146. The van der Waals surface area contributed by atoms with E-state index < -0.39 is 23.8 Å². The van der Waals surface area contributed by atoms with Gasteiger partial charge in [-0.2, -0.15) is 0 Å². The zero-order valence-electron chi connectivity index (χ0n) is 10.6. The first-order chi connectivity index (χ1) is 8.49. The van der Waals surface area contributed by atoms with Crippen LogP contribution >= 0.6 is 0 Å². The number of carboxylic acids is 1. The van der Waals surface area contributed by atoms with E-state index in [0.29, 0.717) is 12.8 Å². The Morgan fingerprint density at radius 1 is 1.28 bits per heavy atom. The fourth-order valence-corrected chi connectivity index (χ4v) is 2.40. The molecule has 6 nitrogen and oxygen atoms in total. The van der Waals surface area contributed by atoms with Crippen LogP contribution in [0.4, 0.5) is 0 Å². The van der Waals surface area contributed by atoms with Crippen molar-refractivity contribution < 1.29 is 24.2 Å². The number of hydrogen-bond acceptors (Lipinski definition) is 4. The molecule has 2 N–H and O–H groups in total. The Kier molecular flexibility index (Phi) is 5.12. The first-order valence-corrected chi connectivity index (χ1v) is 6.06. The van der Waals surface area contributed by atoms with Gasteiger partial charge in [0.05, 0.1) is 18.9 Å². The summed E-state index contributed by atoms with van der Waals surface area (Å²) in [6, 6.07) is 0. The predicted octanol–water partition coefficient (Wildman–Crippen LogP) is 0.413. The van der Waals surface area contributed by atoms with Gasteiger partial charge < -0.3 is 15.2 Å². The number of aliphatic carboxylic acids is 1. The first kappa shape index (κ1) is 14.5. The summed E-state index contributed by atoms with van der Waals surface area (Å²) in [5, 5.41) is 11.5. The number of amides is 1. The molecule has 0 bridgehead atoms. The van der Waals surface area contributed by atoms with Crippen molar-refractivity contribution in [3.63, 3.8) is 0 Å². The van der Waals surface area contributed by atoms with Crippen molar-refractivity contribution >= 4 is 17.8 Å². The smallest absolute Gasteiger partial charge is 0.325 e. The van der Waals surface area contributed by atoms with Crippen LogP contribution in [0.25, 0.3) is 0 Å². The van der Waals surface area contributed by atoms with Crippen molar-refractivity contribution in [2.24, 2.45) is 17.8 Å². The fraction of sp³-hybridized carbons (Fsp3) is 0.750. The number of hydrogen-bond donors (Lipinski definition) is 2. The Hall–Kier alpha value is -1.59. The summed E-state index contributed by atoms with van der Waals surface area (Å²) in [6.45, 7) is 1.77. The molecule has 1 aliphatic rings. The molecule has 1 fully saturated rings.